The van der Waals surface area contributed by atoms with Crippen molar-refractivity contribution < 1.29 is 0 Å². The van der Waals surface area contributed by atoms with Crippen LogP contribution in [-0.2, 0) is 0 Å². The summed E-state index contributed by atoms with van der Waals surface area (Å²) < 4.78 is 1.50. The number of rotatable bonds is 3. The van der Waals surface area contributed by atoms with E-state index >= 15 is 0 Å². The van der Waals surface area contributed by atoms with Gasteiger partial charge < -0.3 is 5.32 Å². The number of hydrogen-bond donors (Lipinski definition) is 1. The van der Waals surface area contributed by atoms with Gasteiger partial charge in [-0.25, -0.2) is 0 Å². The minimum Gasteiger partial charge on any atom is -0.316 e. The molecule has 1 N–H and O–H groups in total. The van der Waals surface area contributed by atoms with Gasteiger partial charge in [0.15, 0.2) is 0 Å². The lowest BCUT2D eigenvalue weighted by molar-refractivity contribution is 0.627. The van der Waals surface area contributed by atoms with Gasteiger partial charge in [-0.2, -0.15) is 0 Å². The first kappa shape index (κ1) is 15.1. The van der Waals surface area contributed by atoms with Crippen LogP contribution in [0.5, 0.6) is 0 Å². The lowest BCUT2D eigenvalue weighted by Crippen LogP contribution is -2.16. The highest BCUT2D eigenvalue weighted by Crippen LogP contribution is 2.53. The summed E-state index contributed by atoms with van der Waals surface area (Å²) in [5, 5.41) is 7.15. The summed E-state index contributed by atoms with van der Waals surface area (Å²) in [6, 6.07) is 6.87. The first-order chi connectivity index (χ1) is 9.79. The molecule has 1 heterocycles. The first-order valence-corrected chi connectivity index (χ1v) is 8.52. The minimum absolute atomic E-state index is 0. The van der Waals surface area contributed by atoms with Crippen molar-refractivity contribution in [2.24, 2.45) is 11.8 Å². The van der Waals surface area contributed by atoms with E-state index in [0.717, 1.165) is 18.4 Å². The van der Waals surface area contributed by atoms with Crippen molar-refractivity contribution in [1.29, 1.82) is 0 Å². The standard InChI is InChI=1S/C18H21NS.ClH/c1-11-10-20-18-14(11)4-3-5-15(18)17-13-7-6-12(8-13)16(17)9-19-2;/h3-5,10,12-13,19H,6-9H2,1-2H3;1H/t12-,13+;/m0./s1. The van der Waals surface area contributed by atoms with Gasteiger partial charge in [-0.1, -0.05) is 18.2 Å². The molecule has 3 heteroatoms. The van der Waals surface area contributed by atoms with Gasteiger partial charge in [0.1, 0.15) is 0 Å². The fourth-order valence-electron chi connectivity index (χ4n) is 4.26. The third-order valence-electron chi connectivity index (χ3n) is 5.13. The van der Waals surface area contributed by atoms with Crippen molar-refractivity contribution in [3.63, 3.8) is 0 Å². The Morgan fingerprint density at radius 1 is 1.24 bits per heavy atom. The van der Waals surface area contributed by atoms with Gasteiger partial charge in [-0.15, -0.1) is 23.7 Å². The molecule has 0 aliphatic heterocycles. The average Bonchev–Trinajstić information content (AvgIpc) is 3.14. The number of thiophene rings is 1. The number of halogens is 1. The van der Waals surface area contributed by atoms with Crippen molar-refractivity contribution in [1.82, 2.24) is 5.32 Å². The van der Waals surface area contributed by atoms with E-state index < -0.39 is 0 Å². The van der Waals surface area contributed by atoms with Gasteiger partial charge in [-0.05, 0) is 78.1 Å². The average molecular weight is 320 g/mol. The second-order valence-electron chi connectivity index (χ2n) is 6.28. The van der Waals surface area contributed by atoms with Gasteiger partial charge in [-0.3, -0.25) is 0 Å². The Labute approximate surface area is 136 Å². The van der Waals surface area contributed by atoms with E-state index in [9.17, 15) is 0 Å². The Hall–Kier alpha value is -0.830. The van der Waals surface area contributed by atoms with Crippen LogP contribution in [0.2, 0.25) is 0 Å². The second kappa shape index (κ2) is 5.75. The first-order valence-electron chi connectivity index (χ1n) is 7.64. The molecule has 0 spiro atoms. The number of allylic oxidation sites excluding steroid dienone is 1. The van der Waals surface area contributed by atoms with Crippen LogP contribution in [0, 0.1) is 18.8 Å². The topological polar surface area (TPSA) is 12.0 Å². The number of fused-ring (bicyclic) bond motifs is 3. The Morgan fingerprint density at radius 2 is 2.05 bits per heavy atom. The molecular formula is C18H22ClNS. The van der Waals surface area contributed by atoms with Crippen molar-refractivity contribution in [3.8, 4) is 0 Å². The molecule has 2 aliphatic rings. The van der Waals surface area contributed by atoms with Crippen LogP contribution in [0.3, 0.4) is 0 Å². The molecule has 2 aliphatic carbocycles. The molecule has 1 aromatic heterocycles. The Morgan fingerprint density at radius 3 is 2.86 bits per heavy atom. The fraction of sp³-hybridized carbons (Fsp3) is 0.444. The molecule has 2 atom stereocenters. The second-order valence-corrected chi connectivity index (χ2v) is 7.16. The van der Waals surface area contributed by atoms with Crippen LogP contribution >= 0.6 is 23.7 Å². The predicted molar refractivity (Wildman–Crippen MR) is 95.5 cm³/mol. The minimum atomic E-state index is 0. The quantitative estimate of drug-likeness (QED) is 0.836. The summed E-state index contributed by atoms with van der Waals surface area (Å²) >= 11 is 1.92. The van der Waals surface area contributed by atoms with E-state index in [0.29, 0.717) is 0 Å². The SMILES string of the molecule is CNCC1=C(c2cccc3c(C)csc23)[C@@H]2CC[C@H]1C2.Cl. The van der Waals surface area contributed by atoms with Crippen LogP contribution in [0.25, 0.3) is 15.7 Å². The number of likely N-dealkylation sites (N-methyl/N-ethyl adjacent to an activating group) is 1. The maximum absolute atomic E-state index is 3.39. The summed E-state index contributed by atoms with van der Waals surface area (Å²) in [6.07, 6.45) is 4.20. The molecule has 2 bridgehead atoms. The van der Waals surface area contributed by atoms with Crippen LogP contribution in [-0.4, -0.2) is 13.6 Å². The molecule has 4 rings (SSSR count). The summed E-state index contributed by atoms with van der Waals surface area (Å²) in [6.45, 7) is 3.30. The summed E-state index contributed by atoms with van der Waals surface area (Å²) in [4.78, 5) is 0. The molecule has 0 radical (unpaired) electrons. The molecule has 2 aromatic rings. The smallest absolute Gasteiger partial charge is 0.0420 e. The fourth-order valence-corrected chi connectivity index (χ4v) is 5.35. The largest absolute Gasteiger partial charge is 0.316 e. The van der Waals surface area contributed by atoms with Crippen LogP contribution in [0.15, 0.2) is 29.2 Å². The maximum Gasteiger partial charge on any atom is 0.0420 e. The lowest BCUT2D eigenvalue weighted by Gasteiger charge is -2.21. The van der Waals surface area contributed by atoms with Gasteiger partial charge in [0.2, 0.25) is 0 Å². The summed E-state index contributed by atoms with van der Waals surface area (Å²) in [7, 11) is 2.08. The van der Waals surface area contributed by atoms with E-state index in [1.807, 2.05) is 11.3 Å². The van der Waals surface area contributed by atoms with Gasteiger partial charge in [0.05, 0.1) is 0 Å². The number of aryl methyl sites for hydroxylation is 1. The number of benzene rings is 1. The highest BCUT2D eigenvalue weighted by Gasteiger charge is 2.39. The maximum atomic E-state index is 3.39. The highest BCUT2D eigenvalue weighted by atomic mass is 35.5. The molecule has 1 fully saturated rings. The van der Waals surface area contributed by atoms with E-state index in [2.05, 4.69) is 42.9 Å². The Kier molecular flexibility index (Phi) is 4.13. The molecule has 0 amide bonds. The zero-order chi connectivity index (χ0) is 13.7. The molecule has 112 valence electrons. The zero-order valence-electron chi connectivity index (χ0n) is 12.6. The van der Waals surface area contributed by atoms with Gasteiger partial charge in [0, 0.05) is 11.2 Å². The molecule has 21 heavy (non-hydrogen) atoms. The normalized spacial score (nSPS) is 23.9. The highest BCUT2D eigenvalue weighted by molar-refractivity contribution is 7.17. The van der Waals surface area contributed by atoms with Crippen LogP contribution in [0.1, 0.15) is 30.4 Å². The molecular weight excluding hydrogens is 298 g/mol. The molecule has 1 saturated carbocycles. The van der Waals surface area contributed by atoms with E-state index in [1.165, 1.54) is 40.5 Å². The van der Waals surface area contributed by atoms with Crippen molar-refractivity contribution in [3.05, 3.63) is 40.3 Å². The van der Waals surface area contributed by atoms with Gasteiger partial charge in [0.25, 0.3) is 0 Å². The Balaban J connectivity index is 0.00000132. The summed E-state index contributed by atoms with van der Waals surface area (Å²) in [5.41, 5.74) is 6.33. The van der Waals surface area contributed by atoms with Crippen LogP contribution < -0.4 is 5.32 Å². The van der Waals surface area contributed by atoms with E-state index in [-0.39, 0.29) is 12.4 Å². The van der Waals surface area contributed by atoms with Crippen molar-refractivity contribution in [2.45, 2.75) is 26.2 Å². The lowest BCUT2D eigenvalue weighted by atomic mass is 9.86. The predicted octanol–water partition coefficient (Wildman–Crippen LogP) is 5.03. The summed E-state index contributed by atoms with van der Waals surface area (Å²) in [5.74, 6) is 1.66. The third kappa shape index (κ3) is 2.25. The molecule has 1 nitrogen and oxygen atoms in total. The molecule has 0 saturated heterocycles. The molecule has 0 unspecified atom stereocenters. The monoisotopic (exact) mass is 319 g/mol. The number of hydrogen-bond acceptors (Lipinski definition) is 2. The van der Waals surface area contributed by atoms with Crippen LogP contribution in [0.4, 0.5) is 0 Å². The van der Waals surface area contributed by atoms with Crippen molar-refractivity contribution in [2.75, 3.05) is 13.6 Å². The van der Waals surface area contributed by atoms with Crippen molar-refractivity contribution >= 4 is 39.4 Å². The third-order valence-corrected chi connectivity index (χ3v) is 6.28. The molecule has 1 aromatic carbocycles. The number of nitrogens with one attached hydrogen (secondary N) is 1. The van der Waals surface area contributed by atoms with E-state index in [4.69, 9.17) is 0 Å². The zero-order valence-corrected chi connectivity index (χ0v) is 14.2. The Bertz CT molecular complexity index is 700. The van der Waals surface area contributed by atoms with Gasteiger partial charge >= 0.3 is 0 Å². The van der Waals surface area contributed by atoms with E-state index in [1.54, 1.807) is 11.1 Å².